The molecule has 1 heterocycles. The summed E-state index contributed by atoms with van der Waals surface area (Å²) < 4.78 is 5.76. The number of nitrogen functional groups attached to an aromatic ring is 1. The monoisotopic (exact) mass is 327 g/mol. The van der Waals surface area contributed by atoms with Crippen molar-refractivity contribution in [1.82, 2.24) is 10.2 Å². The molecule has 0 atom stereocenters. The van der Waals surface area contributed by atoms with E-state index in [1.54, 1.807) is 23.1 Å². The summed E-state index contributed by atoms with van der Waals surface area (Å²) in [6.45, 7) is 1.82. The lowest BCUT2D eigenvalue weighted by atomic mass is 10.2. The van der Waals surface area contributed by atoms with Gasteiger partial charge in [0.15, 0.2) is 0 Å². The van der Waals surface area contributed by atoms with Crippen molar-refractivity contribution in [2.45, 2.75) is 0 Å². The summed E-state index contributed by atoms with van der Waals surface area (Å²) in [5, 5.41) is 2.68. The van der Waals surface area contributed by atoms with Crippen LogP contribution in [0.2, 0.25) is 0 Å². The molecule has 0 saturated carbocycles. The first kappa shape index (κ1) is 13.7. The Morgan fingerprint density at radius 2 is 2.32 bits per heavy atom. The van der Waals surface area contributed by atoms with Crippen molar-refractivity contribution in [3.05, 3.63) is 28.2 Å². The van der Waals surface area contributed by atoms with Crippen LogP contribution in [-0.2, 0) is 4.74 Å². The number of esters is 1. The number of ether oxygens (including phenoxy) is 1. The van der Waals surface area contributed by atoms with Gasteiger partial charge >= 0.3 is 12.0 Å². The maximum Gasteiger partial charge on any atom is 0.339 e. The largest absolute Gasteiger partial charge is 0.460 e. The molecule has 6 nitrogen and oxygen atoms in total. The Bertz CT molecular complexity index is 507. The number of benzene rings is 1. The van der Waals surface area contributed by atoms with Gasteiger partial charge in [0.2, 0.25) is 0 Å². The second kappa shape index (κ2) is 5.92. The number of hydrogen-bond acceptors (Lipinski definition) is 4. The van der Waals surface area contributed by atoms with Crippen molar-refractivity contribution in [2.24, 2.45) is 0 Å². The molecule has 0 spiro atoms. The van der Waals surface area contributed by atoms with E-state index in [-0.39, 0.29) is 12.6 Å². The van der Waals surface area contributed by atoms with Crippen LogP contribution >= 0.6 is 15.9 Å². The zero-order valence-electron chi connectivity index (χ0n) is 10.2. The lowest BCUT2D eigenvalue weighted by Gasteiger charge is -2.14. The maximum absolute atomic E-state index is 11.8. The van der Waals surface area contributed by atoms with Crippen LogP contribution in [0.3, 0.4) is 0 Å². The van der Waals surface area contributed by atoms with Crippen LogP contribution in [0.4, 0.5) is 10.5 Å². The van der Waals surface area contributed by atoms with Crippen molar-refractivity contribution in [3.8, 4) is 0 Å². The molecule has 19 heavy (non-hydrogen) atoms. The van der Waals surface area contributed by atoms with Crippen LogP contribution in [0.25, 0.3) is 0 Å². The average Bonchev–Trinajstić information content (AvgIpc) is 2.78. The van der Waals surface area contributed by atoms with Crippen LogP contribution in [0.15, 0.2) is 22.7 Å². The highest BCUT2D eigenvalue weighted by molar-refractivity contribution is 9.10. The summed E-state index contributed by atoms with van der Waals surface area (Å²) in [4.78, 5) is 24.7. The topological polar surface area (TPSA) is 84.7 Å². The van der Waals surface area contributed by atoms with Gasteiger partial charge < -0.3 is 20.7 Å². The minimum absolute atomic E-state index is 0.124. The van der Waals surface area contributed by atoms with Crippen LogP contribution < -0.4 is 11.1 Å². The Balaban J connectivity index is 1.87. The van der Waals surface area contributed by atoms with E-state index in [4.69, 9.17) is 10.5 Å². The SMILES string of the molecule is Nc1ccc(Br)c(C(=O)OCCN2CCNC2=O)c1. The van der Waals surface area contributed by atoms with Gasteiger partial charge in [0.25, 0.3) is 0 Å². The third-order valence-electron chi connectivity index (χ3n) is 2.75. The number of nitrogens with two attached hydrogens (primary N) is 1. The molecule has 1 aromatic rings. The molecule has 0 radical (unpaired) electrons. The molecular formula is C12H14BrN3O3. The number of hydrogen-bond donors (Lipinski definition) is 2. The smallest absolute Gasteiger partial charge is 0.339 e. The Labute approximate surface area is 119 Å². The molecule has 1 saturated heterocycles. The molecule has 102 valence electrons. The number of carbonyl (C=O) groups excluding carboxylic acids is 2. The van der Waals surface area contributed by atoms with Gasteiger partial charge in [-0.2, -0.15) is 0 Å². The molecule has 3 N–H and O–H groups in total. The molecule has 7 heteroatoms. The minimum Gasteiger partial charge on any atom is -0.460 e. The van der Waals surface area contributed by atoms with E-state index in [0.29, 0.717) is 35.4 Å². The van der Waals surface area contributed by atoms with Crippen LogP contribution in [0, 0.1) is 0 Å². The number of rotatable bonds is 4. The van der Waals surface area contributed by atoms with Gasteiger partial charge in [-0.3, -0.25) is 0 Å². The highest BCUT2D eigenvalue weighted by atomic mass is 79.9. The number of nitrogens with zero attached hydrogens (tertiary/aromatic N) is 1. The molecular weight excluding hydrogens is 314 g/mol. The quantitative estimate of drug-likeness (QED) is 0.643. The van der Waals surface area contributed by atoms with E-state index in [1.165, 1.54) is 0 Å². The Morgan fingerprint density at radius 1 is 1.53 bits per heavy atom. The lowest BCUT2D eigenvalue weighted by Crippen LogP contribution is -2.31. The van der Waals surface area contributed by atoms with Gasteiger partial charge in [-0.05, 0) is 34.1 Å². The van der Waals surface area contributed by atoms with Gasteiger partial charge in [-0.15, -0.1) is 0 Å². The normalized spacial score (nSPS) is 14.4. The zero-order chi connectivity index (χ0) is 13.8. The van der Waals surface area contributed by atoms with Crippen molar-refractivity contribution >= 4 is 33.6 Å². The Morgan fingerprint density at radius 3 is 3.00 bits per heavy atom. The molecule has 1 aliphatic rings. The van der Waals surface area contributed by atoms with Crippen molar-refractivity contribution in [1.29, 1.82) is 0 Å². The highest BCUT2D eigenvalue weighted by Gasteiger charge is 2.19. The summed E-state index contributed by atoms with van der Waals surface area (Å²) in [5.74, 6) is -0.459. The highest BCUT2D eigenvalue weighted by Crippen LogP contribution is 2.20. The fourth-order valence-corrected chi connectivity index (χ4v) is 2.16. The van der Waals surface area contributed by atoms with Crippen LogP contribution in [-0.4, -0.2) is 43.1 Å². The van der Waals surface area contributed by atoms with Gasteiger partial charge in [0.05, 0.1) is 12.1 Å². The first-order valence-corrected chi connectivity index (χ1v) is 6.62. The van der Waals surface area contributed by atoms with Gasteiger partial charge in [0, 0.05) is 23.2 Å². The van der Waals surface area contributed by atoms with Crippen molar-refractivity contribution in [3.63, 3.8) is 0 Å². The number of anilines is 1. The molecule has 0 bridgehead atoms. The van der Waals surface area contributed by atoms with Crippen molar-refractivity contribution in [2.75, 3.05) is 32.0 Å². The third-order valence-corrected chi connectivity index (χ3v) is 3.44. The average molecular weight is 328 g/mol. The van der Waals surface area contributed by atoms with E-state index < -0.39 is 5.97 Å². The molecule has 0 aromatic heterocycles. The third kappa shape index (κ3) is 3.37. The van der Waals surface area contributed by atoms with E-state index >= 15 is 0 Å². The predicted octanol–water partition coefficient (Wildman–Crippen LogP) is 1.21. The van der Waals surface area contributed by atoms with Crippen molar-refractivity contribution < 1.29 is 14.3 Å². The number of nitrogens with one attached hydrogen (secondary N) is 1. The van der Waals surface area contributed by atoms with Crippen LogP contribution in [0.1, 0.15) is 10.4 Å². The summed E-state index contributed by atoms with van der Waals surface area (Å²) in [6.07, 6.45) is 0. The summed E-state index contributed by atoms with van der Waals surface area (Å²) in [5.41, 5.74) is 6.50. The van der Waals surface area contributed by atoms with E-state index in [1.807, 2.05) is 0 Å². The molecule has 1 aliphatic heterocycles. The first-order valence-electron chi connectivity index (χ1n) is 5.83. The van der Waals surface area contributed by atoms with E-state index in [9.17, 15) is 9.59 Å². The molecule has 0 aliphatic carbocycles. The standard InChI is InChI=1S/C12H14BrN3O3/c13-10-2-1-8(14)7-9(10)11(17)19-6-5-16-4-3-15-12(16)18/h1-2,7H,3-6,14H2,(H,15,18). The second-order valence-corrected chi connectivity index (χ2v) is 4.95. The number of carbonyl (C=O) groups is 2. The Hall–Kier alpha value is -1.76. The number of amides is 2. The predicted molar refractivity (Wildman–Crippen MR) is 73.8 cm³/mol. The molecule has 1 aromatic carbocycles. The summed E-state index contributed by atoms with van der Waals surface area (Å²) in [6, 6.07) is 4.81. The van der Waals surface area contributed by atoms with Gasteiger partial charge in [0.1, 0.15) is 6.61 Å². The lowest BCUT2D eigenvalue weighted by molar-refractivity contribution is 0.0480. The van der Waals surface area contributed by atoms with Gasteiger partial charge in [-0.1, -0.05) is 0 Å². The molecule has 0 unspecified atom stereocenters. The van der Waals surface area contributed by atoms with E-state index in [0.717, 1.165) is 0 Å². The summed E-state index contributed by atoms with van der Waals surface area (Å²) in [7, 11) is 0. The summed E-state index contributed by atoms with van der Waals surface area (Å²) >= 11 is 3.27. The zero-order valence-corrected chi connectivity index (χ0v) is 11.8. The van der Waals surface area contributed by atoms with E-state index in [2.05, 4.69) is 21.2 Å². The maximum atomic E-state index is 11.8. The van der Waals surface area contributed by atoms with Crippen LogP contribution in [0.5, 0.6) is 0 Å². The fourth-order valence-electron chi connectivity index (χ4n) is 1.75. The fraction of sp³-hybridized carbons (Fsp3) is 0.333. The minimum atomic E-state index is -0.459. The number of halogens is 1. The molecule has 2 amide bonds. The second-order valence-electron chi connectivity index (χ2n) is 4.09. The first-order chi connectivity index (χ1) is 9.08. The molecule has 1 fully saturated rings. The Kier molecular flexibility index (Phi) is 4.26. The number of urea groups is 1. The molecule has 2 rings (SSSR count). The van der Waals surface area contributed by atoms with Gasteiger partial charge in [-0.25, -0.2) is 9.59 Å².